The largest absolute Gasteiger partial charge is 0.398 e. The molecule has 2 aliphatic rings. The Labute approximate surface area is 126 Å². The van der Waals surface area contributed by atoms with E-state index in [9.17, 15) is 0 Å². The minimum Gasteiger partial charge on any atom is -0.398 e. The molecule has 1 aromatic heterocycles. The molecule has 2 bridgehead atoms. The van der Waals surface area contributed by atoms with Crippen LogP contribution in [0, 0.1) is 17.8 Å². The summed E-state index contributed by atoms with van der Waals surface area (Å²) in [4.78, 5) is 6.63. The lowest BCUT2D eigenvalue weighted by molar-refractivity contribution is 0.337. The van der Waals surface area contributed by atoms with Crippen LogP contribution in [0.25, 0.3) is 10.8 Å². The highest BCUT2D eigenvalue weighted by molar-refractivity contribution is 6.00. The van der Waals surface area contributed by atoms with E-state index < -0.39 is 0 Å². The summed E-state index contributed by atoms with van der Waals surface area (Å²) in [6.07, 6.45) is 9.57. The van der Waals surface area contributed by atoms with Crippen LogP contribution in [-0.2, 0) is 0 Å². The second kappa shape index (κ2) is 4.90. The Bertz CT molecular complexity index is 667. The molecule has 3 atom stereocenters. The summed E-state index contributed by atoms with van der Waals surface area (Å²) in [6.45, 7) is 1.17. The van der Waals surface area contributed by atoms with Crippen LogP contribution in [0.5, 0.6) is 0 Å². The maximum absolute atomic E-state index is 6.08. The zero-order valence-electron chi connectivity index (χ0n) is 12.6. The van der Waals surface area contributed by atoms with Gasteiger partial charge in [-0.3, -0.25) is 4.98 Å². The predicted molar refractivity (Wildman–Crippen MR) is 88.4 cm³/mol. The number of rotatable bonds is 3. The van der Waals surface area contributed by atoms with Crippen molar-refractivity contribution in [3.8, 4) is 0 Å². The van der Waals surface area contributed by atoms with E-state index in [1.54, 1.807) is 0 Å². The smallest absolute Gasteiger partial charge is 0.0446 e. The molecule has 0 aliphatic heterocycles. The van der Waals surface area contributed by atoms with Crippen molar-refractivity contribution in [1.82, 2.24) is 4.98 Å². The van der Waals surface area contributed by atoms with Crippen LogP contribution in [0.15, 0.2) is 30.6 Å². The van der Waals surface area contributed by atoms with E-state index in [0.29, 0.717) is 0 Å². The van der Waals surface area contributed by atoms with Gasteiger partial charge in [-0.2, -0.15) is 0 Å². The number of nitrogens with two attached hydrogens (primary N) is 1. The molecule has 1 heterocycles. The average molecular weight is 281 g/mol. The van der Waals surface area contributed by atoms with Gasteiger partial charge in [0.25, 0.3) is 0 Å². The number of nitrogen functional groups attached to an aromatic ring is 1. The Morgan fingerprint density at radius 3 is 2.86 bits per heavy atom. The molecule has 110 valence electrons. The summed E-state index contributed by atoms with van der Waals surface area (Å²) in [6, 6.07) is 6.25. The van der Waals surface area contributed by atoms with Gasteiger partial charge in [0, 0.05) is 48.1 Å². The maximum atomic E-state index is 6.08. The average Bonchev–Trinajstić information content (AvgIpc) is 3.10. The first kappa shape index (κ1) is 12.9. The Morgan fingerprint density at radius 2 is 2.10 bits per heavy atom. The van der Waals surface area contributed by atoms with Crippen molar-refractivity contribution >= 4 is 22.1 Å². The molecule has 21 heavy (non-hydrogen) atoms. The predicted octanol–water partition coefficient (Wildman–Crippen LogP) is 3.69. The van der Waals surface area contributed by atoms with Gasteiger partial charge in [-0.15, -0.1) is 0 Å². The third kappa shape index (κ3) is 2.15. The number of pyridine rings is 1. The second-order valence-corrected chi connectivity index (χ2v) is 6.91. The van der Waals surface area contributed by atoms with E-state index in [2.05, 4.69) is 29.1 Å². The van der Waals surface area contributed by atoms with Gasteiger partial charge in [-0.1, -0.05) is 6.42 Å². The molecule has 3 unspecified atom stereocenters. The van der Waals surface area contributed by atoms with Crippen LogP contribution < -0.4 is 10.6 Å². The van der Waals surface area contributed by atoms with Crippen molar-refractivity contribution in [2.75, 3.05) is 24.2 Å². The first-order valence-corrected chi connectivity index (χ1v) is 8.05. The summed E-state index contributed by atoms with van der Waals surface area (Å²) >= 11 is 0. The molecule has 2 aromatic rings. The van der Waals surface area contributed by atoms with E-state index in [0.717, 1.165) is 28.8 Å². The van der Waals surface area contributed by atoms with Crippen molar-refractivity contribution in [3.05, 3.63) is 30.6 Å². The third-order valence-electron chi connectivity index (χ3n) is 5.63. The summed E-state index contributed by atoms with van der Waals surface area (Å²) in [7, 11) is 2.22. The van der Waals surface area contributed by atoms with Crippen molar-refractivity contribution in [2.24, 2.45) is 17.8 Å². The molecule has 3 heteroatoms. The van der Waals surface area contributed by atoms with Gasteiger partial charge in [-0.05, 0) is 55.2 Å². The highest BCUT2D eigenvalue weighted by Crippen LogP contribution is 2.48. The highest BCUT2D eigenvalue weighted by Gasteiger charge is 2.39. The molecule has 3 nitrogen and oxygen atoms in total. The lowest BCUT2D eigenvalue weighted by Crippen LogP contribution is -2.28. The zero-order chi connectivity index (χ0) is 14.4. The molecule has 2 fully saturated rings. The Morgan fingerprint density at radius 1 is 1.19 bits per heavy atom. The number of anilines is 2. The van der Waals surface area contributed by atoms with Crippen LogP contribution in [0.2, 0.25) is 0 Å². The van der Waals surface area contributed by atoms with E-state index in [1.807, 2.05) is 18.5 Å². The number of fused-ring (bicyclic) bond motifs is 3. The molecule has 4 rings (SSSR count). The molecule has 2 N–H and O–H groups in total. The fourth-order valence-corrected chi connectivity index (χ4v) is 4.58. The van der Waals surface area contributed by atoms with Gasteiger partial charge in [0.2, 0.25) is 0 Å². The number of nitrogens with zero attached hydrogens (tertiary/aromatic N) is 2. The second-order valence-electron chi connectivity index (χ2n) is 6.91. The third-order valence-corrected chi connectivity index (χ3v) is 5.63. The highest BCUT2D eigenvalue weighted by atomic mass is 15.1. The molecule has 2 aliphatic carbocycles. The van der Waals surface area contributed by atoms with E-state index >= 15 is 0 Å². The summed E-state index contributed by atoms with van der Waals surface area (Å²) < 4.78 is 0. The molecule has 0 saturated heterocycles. The Kier molecular flexibility index (Phi) is 3.02. The molecule has 0 spiro atoms. The first-order chi connectivity index (χ1) is 10.2. The van der Waals surface area contributed by atoms with Crippen LogP contribution in [-0.4, -0.2) is 18.6 Å². The van der Waals surface area contributed by atoms with Gasteiger partial charge in [0.15, 0.2) is 0 Å². The van der Waals surface area contributed by atoms with E-state index in [1.165, 1.54) is 43.3 Å². The van der Waals surface area contributed by atoms with Gasteiger partial charge in [-0.25, -0.2) is 0 Å². The van der Waals surface area contributed by atoms with Crippen molar-refractivity contribution in [3.63, 3.8) is 0 Å². The Hall–Kier alpha value is -1.77. The van der Waals surface area contributed by atoms with Crippen LogP contribution in [0.3, 0.4) is 0 Å². The molecular weight excluding hydrogens is 258 g/mol. The standard InChI is InChI=1S/C18H23N3/c1-21(11-14-9-12-2-3-13(14)8-12)18-5-4-17(19)16-10-20-7-6-15(16)18/h4-7,10,12-14H,2-3,8-9,11,19H2,1H3. The zero-order valence-corrected chi connectivity index (χ0v) is 12.6. The molecule has 0 radical (unpaired) electrons. The number of benzene rings is 1. The molecular formula is C18H23N3. The van der Waals surface area contributed by atoms with Gasteiger partial charge < -0.3 is 10.6 Å². The first-order valence-electron chi connectivity index (χ1n) is 8.05. The van der Waals surface area contributed by atoms with Crippen LogP contribution in [0.1, 0.15) is 25.7 Å². The van der Waals surface area contributed by atoms with Crippen molar-refractivity contribution in [2.45, 2.75) is 25.7 Å². The topological polar surface area (TPSA) is 42.1 Å². The monoisotopic (exact) mass is 281 g/mol. The van der Waals surface area contributed by atoms with Gasteiger partial charge in [0.05, 0.1) is 0 Å². The summed E-state index contributed by atoms with van der Waals surface area (Å²) in [5.41, 5.74) is 8.18. The lowest BCUT2D eigenvalue weighted by Gasteiger charge is -2.29. The van der Waals surface area contributed by atoms with E-state index in [4.69, 9.17) is 5.73 Å². The molecule has 0 amide bonds. The number of aromatic nitrogens is 1. The molecule has 1 aromatic carbocycles. The minimum absolute atomic E-state index is 0.815. The van der Waals surface area contributed by atoms with Crippen LogP contribution in [0.4, 0.5) is 11.4 Å². The summed E-state index contributed by atoms with van der Waals surface area (Å²) in [5, 5.41) is 2.28. The normalized spacial score (nSPS) is 27.4. The Balaban J connectivity index is 1.62. The number of hydrogen-bond donors (Lipinski definition) is 1. The maximum Gasteiger partial charge on any atom is 0.0446 e. The van der Waals surface area contributed by atoms with Gasteiger partial charge in [0.1, 0.15) is 0 Å². The minimum atomic E-state index is 0.815. The van der Waals surface area contributed by atoms with E-state index in [-0.39, 0.29) is 0 Å². The quantitative estimate of drug-likeness (QED) is 0.872. The SMILES string of the molecule is CN(CC1CC2CCC1C2)c1ccc(N)c2cnccc12. The molecule has 2 saturated carbocycles. The fraction of sp³-hybridized carbons (Fsp3) is 0.500. The van der Waals surface area contributed by atoms with Crippen molar-refractivity contribution in [1.29, 1.82) is 0 Å². The van der Waals surface area contributed by atoms with Crippen molar-refractivity contribution < 1.29 is 0 Å². The number of hydrogen-bond acceptors (Lipinski definition) is 3. The van der Waals surface area contributed by atoms with Gasteiger partial charge >= 0.3 is 0 Å². The lowest BCUT2D eigenvalue weighted by atomic mass is 9.88. The van der Waals surface area contributed by atoms with Crippen LogP contribution >= 0.6 is 0 Å². The fourth-order valence-electron chi connectivity index (χ4n) is 4.58. The summed E-state index contributed by atoms with van der Waals surface area (Å²) in [5.74, 6) is 2.86.